The summed E-state index contributed by atoms with van der Waals surface area (Å²) in [5.41, 5.74) is 3.41. The SMILES string of the molecule is Cl.O=C1Nc2ccc(CCN3CCN(c4nsc5ccccc45)CC3)cc2C12CCCC2. The normalized spacial score (nSPS) is 19.9. The van der Waals surface area contributed by atoms with Gasteiger partial charge < -0.3 is 10.2 Å². The summed E-state index contributed by atoms with van der Waals surface area (Å²) in [6.45, 7) is 5.26. The fourth-order valence-electron chi connectivity index (χ4n) is 5.66. The smallest absolute Gasteiger partial charge is 0.235 e. The lowest BCUT2D eigenvalue weighted by molar-refractivity contribution is -0.120. The number of nitrogens with one attached hydrogen (secondary N) is 1. The molecule has 7 heteroatoms. The van der Waals surface area contributed by atoms with Crippen molar-refractivity contribution in [3.63, 3.8) is 0 Å². The molecule has 0 bridgehead atoms. The van der Waals surface area contributed by atoms with Crippen LogP contribution in [0.4, 0.5) is 11.5 Å². The maximum Gasteiger partial charge on any atom is 0.235 e. The van der Waals surface area contributed by atoms with Crippen molar-refractivity contribution in [3.8, 4) is 0 Å². The summed E-state index contributed by atoms with van der Waals surface area (Å²) in [5.74, 6) is 1.38. The molecule has 1 amide bonds. The second-order valence-electron chi connectivity index (χ2n) is 9.20. The van der Waals surface area contributed by atoms with Crippen molar-refractivity contribution >= 4 is 51.4 Å². The Bertz CT molecular complexity index is 1130. The Morgan fingerprint density at radius 2 is 1.81 bits per heavy atom. The van der Waals surface area contributed by atoms with Gasteiger partial charge in [0.15, 0.2) is 0 Å². The Morgan fingerprint density at radius 1 is 1.03 bits per heavy atom. The van der Waals surface area contributed by atoms with E-state index in [-0.39, 0.29) is 23.7 Å². The molecule has 1 spiro atoms. The number of anilines is 2. The van der Waals surface area contributed by atoms with Crippen LogP contribution in [-0.2, 0) is 16.6 Å². The zero-order valence-corrected chi connectivity index (χ0v) is 19.8. The van der Waals surface area contributed by atoms with Crippen LogP contribution in [0.1, 0.15) is 36.8 Å². The molecule has 0 atom stereocenters. The number of amides is 1. The number of benzene rings is 2. The Labute approximate surface area is 199 Å². The number of carbonyl (C=O) groups is 1. The number of fused-ring (bicyclic) bond motifs is 3. The van der Waals surface area contributed by atoms with E-state index in [1.54, 1.807) is 11.5 Å². The van der Waals surface area contributed by atoms with Crippen molar-refractivity contribution in [2.75, 3.05) is 42.9 Å². The number of aromatic nitrogens is 1. The van der Waals surface area contributed by atoms with Gasteiger partial charge in [-0.1, -0.05) is 37.1 Å². The van der Waals surface area contributed by atoms with E-state index in [2.05, 4.69) is 57.6 Å². The molecule has 5 nitrogen and oxygen atoms in total. The summed E-state index contributed by atoms with van der Waals surface area (Å²) in [6.07, 6.45) is 5.37. The van der Waals surface area contributed by atoms with Crippen molar-refractivity contribution in [2.24, 2.45) is 0 Å². The third-order valence-electron chi connectivity index (χ3n) is 7.49. The van der Waals surface area contributed by atoms with Crippen molar-refractivity contribution in [2.45, 2.75) is 37.5 Å². The first kappa shape index (κ1) is 21.7. The largest absolute Gasteiger partial charge is 0.353 e. The van der Waals surface area contributed by atoms with Crippen molar-refractivity contribution in [1.29, 1.82) is 0 Å². The Balaban J connectivity index is 0.00000216. The highest BCUT2D eigenvalue weighted by Gasteiger charge is 2.48. The van der Waals surface area contributed by atoms with Crippen LogP contribution in [0.15, 0.2) is 42.5 Å². The molecule has 168 valence electrons. The van der Waals surface area contributed by atoms with Gasteiger partial charge in [-0.05, 0) is 60.1 Å². The van der Waals surface area contributed by atoms with Gasteiger partial charge in [0, 0.05) is 43.8 Å². The molecule has 1 saturated heterocycles. The molecule has 6 rings (SSSR count). The summed E-state index contributed by atoms with van der Waals surface area (Å²) in [5, 5.41) is 4.41. The zero-order chi connectivity index (χ0) is 20.8. The van der Waals surface area contributed by atoms with Crippen LogP contribution in [-0.4, -0.2) is 47.9 Å². The third kappa shape index (κ3) is 3.58. The lowest BCUT2D eigenvalue weighted by atomic mass is 9.79. The van der Waals surface area contributed by atoms with Crippen LogP contribution in [0.25, 0.3) is 10.1 Å². The highest BCUT2D eigenvalue weighted by molar-refractivity contribution is 7.13. The molecule has 1 aromatic heterocycles. The summed E-state index contributed by atoms with van der Waals surface area (Å²) in [7, 11) is 0. The number of hydrogen-bond acceptors (Lipinski definition) is 5. The lowest BCUT2D eigenvalue weighted by Crippen LogP contribution is -2.47. The van der Waals surface area contributed by atoms with E-state index in [9.17, 15) is 4.79 Å². The Kier molecular flexibility index (Phi) is 5.86. The number of hydrogen-bond donors (Lipinski definition) is 1. The number of piperazine rings is 1. The van der Waals surface area contributed by atoms with E-state index < -0.39 is 0 Å². The summed E-state index contributed by atoms with van der Waals surface area (Å²) >= 11 is 1.60. The average molecular weight is 469 g/mol. The average Bonchev–Trinajstić information content (AvgIpc) is 3.52. The molecule has 1 N–H and O–H groups in total. The first-order valence-corrected chi connectivity index (χ1v) is 12.3. The molecule has 0 radical (unpaired) electrons. The molecule has 3 aromatic rings. The Morgan fingerprint density at radius 3 is 2.62 bits per heavy atom. The number of rotatable bonds is 4. The van der Waals surface area contributed by atoms with Crippen LogP contribution >= 0.6 is 23.9 Å². The van der Waals surface area contributed by atoms with Gasteiger partial charge >= 0.3 is 0 Å². The van der Waals surface area contributed by atoms with E-state index >= 15 is 0 Å². The summed E-state index contributed by atoms with van der Waals surface area (Å²) < 4.78 is 6.00. The van der Waals surface area contributed by atoms with Gasteiger partial charge in [0.2, 0.25) is 5.91 Å². The van der Waals surface area contributed by atoms with Gasteiger partial charge in [-0.25, -0.2) is 0 Å². The van der Waals surface area contributed by atoms with Crippen LogP contribution in [0, 0.1) is 0 Å². The third-order valence-corrected chi connectivity index (χ3v) is 8.30. The molecule has 0 unspecified atom stereocenters. The van der Waals surface area contributed by atoms with E-state index in [1.807, 2.05) is 0 Å². The molecule has 1 saturated carbocycles. The van der Waals surface area contributed by atoms with Gasteiger partial charge in [0.1, 0.15) is 5.82 Å². The van der Waals surface area contributed by atoms with Crippen LogP contribution in [0.2, 0.25) is 0 Å². The van der Waals surface area contributed by atoms with Crippen molar-refractivity contribution in [1.82, 2.24) is 9.27 Å². The van der Waals surface area contributed by atoms with Gasteiger partial charge in [0.25, 0.3) is 0 Å². The molecule has 2 aliphatic heterocycles. The molecule has 2 aromatic carbocycles. The number of halogens is 1. The van der Waals surface area contributed by atoms with E-state index in [4.69, 9.17) is 4.37 Å². The fraction of sp³-hybridized carbons (Fsp3) is 0.440. The van der Waals surface area contributed by atoms with Gasteiger partial charge in [-0.15, -0.1) is 12.4 Å². The lowest BCUT2D eigenvalue weighted by Gasteiger charge is -2.35. The zero-order valence-electron chi connectivity index (χ0n) is 18.2. The quantitative estimate of drug-likeness (QED) is 0.594. The summed E-state index contributed by atoms with van der Waals surface area (Å²) in [4.78, 5) is 17.7. The van der Waals surface area contributed by atoms with Crippen LogP contribution in [0.5, 0.6) is 0 Å². The number of nitrogens with zero attached hydrogens (tertiary/aromatic N) is 3. The van der Waals surface area contributed by atoms with Gasteiger partial charge in [0.05, 0.1) is 10.1 Å². The topological polar surface area (TPSA) is 48.5 Å². The molecule has 2 fully saturated rings. The van der Waals surface area contributed by atoms with Crippen LogP contribution in [0.3, 0.4) is 0 Å². The Hall–Kier alpha value is -2.15. The minimum absolute atomic E-state index is 0. The maximum atomic E-state index is 12.7. The molecular formula is C25H29ClN4OS. The highest BCUT2D eigenvalue weighted by Crippen LogP contribution is 2.49. The highest BCUT2D eigenvalue weighted by atomic mass is 35.5. The van der Waals surface area contributed by atoms with Gasteiger partial charge in [-0.2, -0.15) is 4.37 Å². The second kappa shape index (κ2) is 8.65. The maximum absolute atomic E-state index is 12.7. The monoisotopic (exact) mass is 468 g/mol. The fourth-order valence-corrected chi connectivity index (χ4v) is 6.46. The molecule has 1 aliphatic carbocycles. The minimum Gasteiger partial charge on any atom is -0.353 e. The van der Waals surface area contributed by atoms with E-state index in [0.717, 1.165) is 76.3 Å². The first-order valence-electron chi connectivity index (χ1n) is 11.5. The van der Waals surface area contributed by atoms with Gasteiger partial charge in [-0.3, -0.25) is 9.69 Å². The molecule has 32 heavy (non-hydrogen) atoms. The molecule has 3 heterocycles. The minimum atomic E-state index is -0.243. The van der Waals surface area contributed by atoms with E-state index in [0.29, 0.717) is 0 Å². The van der Waals surface area contributed by atoms with Crippen molar-refractivity contribution < 1.29 is 4.79 Å². The molecule has 3 aliphatic rings. The van der Waals surface area contributed by atoms with Crippen molar-refractivity contribution in [3.05, 3.63) is 53.6 Å². The predicted octanol–water partition coefficient (Wildman–Crippen LogP) is 4.85. The first-order chi connectivity index (χ1) is 15.2. The number of carbonyl (C=O) groups excluding carboxylic acids is 1. The molecular weight excluding hydrogens is 440 g/mol. The predicted molar refractivity (Wildman–Crippen MR) is 134 cm³/mol. The van der Waals surface area contributed by atoms with Crippen LogP contribution < -0.4 is 10.2 Å². The summed E-state index contributed by atoms with van der Waals surface area (Å²) in [6, 6.07) is 15.2. The van der Waals surface area contributed by atoms with E-state index in [1.165, 1.54) is 21.2 Å². The standard InChI is InChI=1S/C25H28N4OS.ClH/c30-24-25(10-3-4-11-25)20-17-18(7-8-21(20)26-24)9-12-28-13-15-29(16-14-28)23-19-5-1-2-6-22(19)31-27-23;/h1-2,5-8,17H,3-4,9-16H2,(H,26,30);1H. The second-order valence-corrected chi connectivity index (χ2v) is 10.0.